The maximum atomic E-state index is 6.15. The first kappa shape index (κ1) is 25.3. The second kappa shape index (κ2) is 15.3. The molecule has 152 valence electrons. The Kier molecular flexibility index (Phi) is 15.5. The van der Waals surface area contributed by atoms with Crippen LogP contribution in [0.25, 0.3) is 0 Å². The standard InChI is InChI=1S/C19H44O4Si2/c1-7-16-24(20-9-3,21-10-4)18-14-13-15-19-25(17-8-2,22-11-5)23-12-6/h7-19H2,1-6H3. The molecule has 0 fully saturated rings. The molecule has 0 aliphatic carbocycles. The Bertz CT molecular complexity index is 241. The summed E-state index contributed by atoms with van der Waals surface area (Å²) in [4.78, 5) is 0. The molecular weight excluding hydrogens is 348 g/mol. The molecular formula is C19H44O4Si2. The lowest BCUT2D eigenvalue weighted by atomic mass is 10.3. The van der Waals surface area contributed by atoms with Gasteiger partial charge in [-0.15, -0.1) is 0 Å². The molecule has 0 heterocycles. The highest BCUT2D eigenvalue weighted by atomic mass is 28.4. The van der Waals surface area contributed by atoms with Crippen molar-refractivity contribution >= 4 is 17.1 Å². The predicted octanol–water partition coefficient (Wildman–Crippen LogP) is 6.01. The van der Waals surface area contributed by atoms with E-state index in [1.807, 2.05) is 0 Å². The Hall–Kier alpha value is 0.274. The lowest BCUT2D eigenvalue weighted by Gasteiger charge is -2.31. The molecule has 4 nitrogen and oxygen atoms in total. The van der Waals surface area contributed by atoms with E-state index in [1.54, 1.807) is 0 Å². The van der Waals surface area contributed by atoms with Gasteiger partial charge in [0, 0.05) is 26.4 Å². The van der Waals surface area contributed by atoms with Gasteiger partial charge in [0.25, 0.3) is 0 Å². The molecule has 0 radical (unpaired) electrons. The van der Waals surface area contributed by atoms with Crippen molar-refractivity contribution in [3.63, 3.8) is 0 Å². The Morgan fingerprint density at radius 2 is 0.760 bits per heavy atom. The third-order valence-corrected chi connectivity index (χ3v) is 12.5. The first-order valence-electron chi connectivity index (χ1n) is 10.6. The van der Waals surface area contributed by atoms with E-state index in [4.69, 9.17) is 17.7 Å². The van der Waals surface area contributed by atoms with Crippen molar-refractivity contribution in [3.05, 3.63) is 0 Å². The number of unbranched alkanes of at least 4 members (excludes halogenated alkanes) is 2. The summed E-state index contributed by atoms with van der Waals surface area (Å²) in [6, 6.07) is 4.46. The normalized spacial score (nSPS) is 12.7. The van der Waals surface area contributed by atoms with Crippen molar-refractivity contribution in [1.82, 2.24) is 0 Å². The first-order valence-corrected chi connectivity index (χ1v) is 15.1. The highest BCUT2D eigenvalue weighted by Gasteiger charge is 2.37. The zero-order valence-electron chi connectivity index (χ0n) is 17.8. The van der Waals surface area contributed by atoms with Gasteiger partial charge in [-0.1, -0.05) is 46.0 Å². The van der Waals surface area contributed by atoms with Crippen LogP contribution in [0.3, 0.4) is 0 Å². The largest absolute Gasteiger partial charge is 0.394 e. The predicted molar refractivity (Wildman–Crippen MR) is 112 cm³/mol. The van der Waals surface area contributed by atoms with Crippen LogP contribution in [-0.4, -0.2) is 43.5 Å². The van der Waals surface area contributed by atoms with E-state index in [1.165, 1.54) is 19.3 Å². The van der Waals surface area contributed by atoms with Crippen molar-refractivity contribution in [1.29, 1.82) is 0 Å². The molecule has 0 aliphatic heterocycles. The van der Waals surface area contributed by atoms with Crippen LogP contribution in [0.4, 0.5) is 0 Å². The molecule has 0 aromatic rings. The van der Waals surface area contributed by atoms with Crippen molar-refractivity contribution in [3.8, 4) is 0 Å². The van der Waals surface area contributed by atoms with Gasteiger partial charge in [0.05, 0.1) is 0 Å². The van der Waals surface area contributed by atoms with Crippen LogP contribution >= 0.6 is 0 Å². The van der Waals surface area contributed by atoms with Gasteiger partial charge in [-0.2, -0.15) is 0 Å². The number of hydrogen-bond acceptors (Lipinski definition) is 4. The lowest BCUT2D eigenvalue weighted by molar-refractivity contribution is 0.179. The summed E-state index contributed by atoms with van der Waals surface area (Å²) < 4.78 is 24.6. The fourth-order valence-corrected chi connectivity index (χ4v) is 10.7. The van der Waals surface area contributed by atoms with E-state index in [-0.39, 0.29) is 0 Å². The maximum Gasteiger partial charge on any atom is 0.338 e. The molecule has 0 aromatic carbocycles. The van der Waals surface area contributed by atoms with Gasteiger partial charge in [-0.3, -0.25) is 0 Å². The van der Waals surface area contributed by atoms with E-state index in [9.17, 15) is 0 Å². The lowest BCUT2D eigenvalue weighted by Crippen LogP contribution is -2.42. The van der Waals surface area contributed by atoms with Crippen LogP contribution < -0.4 is 0 Å². The minimum absolute atomic E-state index is 0.771. The van der Waals surface area contributed by atoms with Crippen LogP contribution in [0, 0.1) is 0 Å². The van der Waals surface area contributed by atoms with Crippen molar-refractivity contribution < 1.29 is 17.7 Å². The summed E-state index contributed by atoms with van der Waals surface area (Å²) in [5, 5.41) is 0. The molecule has 6 heteroatoms. The van der Waals surface area contributed by atoms with Gasteiger partial charge in [0.2, 0.25) is 0 Å². The molecule has 0 aliphatic rings. The van der Waals surface area contributed by atoms with Gasteiger partial charge in [-0.05, 0) is 51.9 Å². The van der Waals surface area contributed by atoms with Gasteiger partial charge in [-0.25, -0.2) is 0 Å². The van der Waals surface area contributed by atoms with Crippen LogP contribution in [0.2, 0.25) is 24.2 Å². The topological polar surface area (TPSA) is 36.9 Å². The Labute approximate surface area is 159 Å². The SMILES string of the molecule is CCC[Si](CCCCC[Si](CCC)(OCC)OCC)(OCC)OCC. The molecule has 0 aromatic heterocycles. The Morgan fingerprint density at radius 3 is 1.00 bits per heavy atom. The van der Waals surface area contributed by atoms with Crippen molar-refractivity contribution in [2.75, 3.05) is 26.4 Å². The van der Waals surface area contributed by atoms with Gasteiger partial charge in [0.15, 0.2) is 0 Å². The van der Waals surface area contributed by atoms with E-state index < -0.39 is 17.1 Å². The maximum absolute atomic E-state index is 6.15. The highest BCUT2D eigenvalue weighted by molar-refractivity contribution is 6.67. The molecule has 0 saturated carbocycles. The second-order valence-electron chi connectivity index (χ2n) is 6.61. The molecule has 0 amide bonds. The summed E-state index contributed by atoms with van der Waals surface area (Å²) in [5.41, 5.74) is 0. The smallest absolute Gasteiger partial charge is 0.338 e. The monoisotopic (exact) mass is 392 g/mol. The van der Waals surface area contributed by atoms with Gasteiger partial charge < -0.3 is 17.7 Å². The summed E-state index contributed by atoms with van der Waals surface area (Å²) in [5.74, 6) is 0. The summed E-state index contributed by atoms with van der Waals surface area (Å²) >= 11 is 0. The molecule has 0 bridgehead atoms. The summed E-state index contributed by atoms with van der Waals surface area (Å²) in [6.45, 7) is 15.9. The Morgan fingerprint density at radius 1 is 0.440 bits per heavy atom. The van der Waals surface area contributed by atoms with Gasteiger partial charge >= 0.3 is 17.1 Å². The fraction of sp³-hybridized carbons (Fsp3) is 1.00. The van der Waals surface area contributed by atoms with Crippen molar-refractivity contribution in [2.24, 2.45) is 0 Å². The van der Waals surface area contributed by atoms with Crippen LogP contribution in [0.1, 0.15) is 73.6 Å². The number of rotatable bonds is 18. The van der Waals surface area contributed by atoms with Gasteiger partial charge in [0.1, 0.15) is 0 Å². The average Bonchev–Trinajstić information content (AvgIpc) is 2.56. The van der Waals surface area contributed by atoms with Crippen LogP contribution in [0.15, 0.2) is 0 Å². The molecule has 0 spiro atoms. The highest BCUT2D eigenvalue weighted by Crippen LogP contribution is 2.27. The molecule has 0 N–H and O–H groups in total. The minimum Gasteiger partial charge on any atom is -0.394 e. The van der Waals surface area contributed by atoms with E-state index in [0.29, 0.717) is 0 Å². The fourth-order valence-electron chi connectivity index (χ4n) is 3.69. The molecule has 0 unspecified atom stereocenters. The molecule has 25 heavy (non-hydrogen) atoms. The first-order chi connectivity index (χ1) is 12.1. The third kappa shape index (κ3) is 10.3. The number of hydrogen-bond donors (Lipinski definition) is 0. The molecule has 0 atom stereocenters. The Balaban J connectivity index is 4.49. The summed E-state index contributed by atoms with van der Waals surface area (Å²) in [6.07, 6.45) is 5.90. The van der Waals surface area contributed by atoms with Crippen LogP contribution in [-0.2, 0) is 17.7 Å². The second-order valence-corrected chi connectivity index (χ2v) is 13.4. The van der Waals surface area contributed by atoms with E-state index in [0.717, 1.165) is 63.4 Å². The summed E-state index contributed by atoms with van der Waals surface area (Å²) in [7, 11) is -3.98. The quantitative estimate of drug-likeness (QED) is 0.211. The zero-order valence-corrected chi connectivity index (χ0v) is 19.8. The van der Waals surface area contributed by atoms with E-state index >= 15 is 0 Å². The van der Waals surface area contributed by atoms with Crippen molar-refractivity contribution in [2.45, 2.75) is 97.8 Å². The molecule has 0 saturated heterocycles. The van der Waals surface area contributed by atoms with E-state index in [2.05, 4.69) is 41.5 Å². The van der Waals surface area contributed by atoms with Crippen LogP contribution in [0.5, 0.6) is 0 Å². The third-order valence-electron chi connectivity index (χ3n) is 4.51. The minimum atomic E-state index is -1.99. The molecule has 0 rings (SSSR count). The average molecular weight is 393 g/mol. The zero-order chi connectivity index (χ0) is 19.0.